The third-order valence-electron chi connectivity index (χ3n) is 6.23. The summed E-state index contributed by atoms with van der Waals surface area (Å²) in [5.74, 6) is 0. The minimum absolute atomic E-state index is 0.0906. The van der Waals surface area contributed by atoms with E-state index in [9.17, 15) is 33.6 Å². The Labute approximate surface area is 197 Å². The molecule has 4 N–H and O–H groups in total. The summed E-state index contributed by atoms with van der Waals surface area (Å²) >= 11 is 0. The molecule has 34 heavy (non-hydrogen) atoms. The summed E-state index contributed by atoms with van der Waals surface area (Å²) in [6.45, 7) is 0.479. The number of rotatable bonds is 10. The van der Waals surface area contributed by atoms with Crippen LogP contribution in [0.3, 0.4) is 0 Å². The monoisotopic (exact) mass is 483 g/mol. The zero-order valence-corrected chi connectivity index (χ0v) is 18.9. The molecule has 0 bridgehead atoms. The minimum Gasteiger partial charge on any atom is -0.395 e. The van der Waals surface area contributed by atoms with Gasteiger partial charge in [0, 0.05) is 13.2 Å². The zero-order chi connectivity index (χ0) is 24.7. The summed E-state index contributed by atoms with van der Waals surface area (Å²) in [6, 6.07) is 12.5. The van der Waals surface area contributed by atoms with Gasteiger partial charge in [0.05, 0.1) is 30.9 Å². The second-order valence-corrected chi connectivity index (χ2v) is 8.64. The molecule has 0 aliphatic carbocycles. The van der Waals surface area contributed by atoms with Gasteiger partial charge in [-0.1, -0.05) is 42.5 Å². The fourth-order valence-corrected chi connectivity index (χ4v) is 4.29. The highest BCUT2D eigenvalue weighted by Gasteiger charge is 2.40. The summed E-state index contributed by atoms with van der Waals surface area (Å²) in [5.41, 5.74) is 0.603. The predicted molar refractivity (Wildman–Crippen MR) is 121 cm³/mol. The van der Waals surface area contributed by atoms with Crippen LogP contribution in [-0.2, 0) is 17.5 Å². The van der Waals surface area contributed by atoms with E-state index in [0.717, 1.165) is 12.5 Å². The van der Waals surface area contributed by atoms with Crippen molar-refractivity contribution in [3.8, 4) is 11.1 Å². The van der Waals surface area contributed by atoms with Crippen molar-refractivity contribution in [1.29, 1.82) is 0 Å². The first-order chi connectivity index (χ1) is 16.2. The fraction of sp³-hybridized carbons (Fsp3) is 0.520. The summed E-state index contributed by atoms with van der Waals surface area (Å²) in [6.07, 6.45) is -6.04. The van der Waals surface area contributed by atoms with Crippen molar-refractivity contribution in [2.24, 2.45) is 0 Å². The number of unbranched alkanes of at least 4 members (excludes halogenated alkanes) is 2. The molecule has 3 rings (SSSR count). The van der Waals surface area contributed by atoms with Gasteiger partial charge in [-0.15, -0.1) is 0 Å². The van der Waals surface area contributed by atoms with Crippen LogP contribution in [0.15, 0.2) is 48.5 Å². The van der Waals surface area contributed by atoms with Gasteiger partial charge in [0.2, 0.25) is 0 Å². The van der Waals surface area contributed by atoms with Crippen molar-refractivity contribution in [1.82, 2.24) is 4.90 Å². The Balaban J connectivity index is 1.46. The van der Waals surface area contributed by atoms with Crippen molar-refractivity contribution in [3.63, 3.8) is 0 Å². The van der Waals surface area contributed by atoms with E-state index in [0.29, 0.717) is 37.1 Å². The van der Waals surface area contributed by atoms with Crippen LogP contribution in [0.5, 0.6) is 0 Å². The van der Waals surface area contributed by atoms with Crippen LogP contribution < -0.4 is 0 Å². The lowest BCUT2D eigenvalue weighted by Gasteiger charge is -2.43. The third-order valence-corrected chi connectivity index (χ3v) is 6.23. The van der Waals surface area contributed by atoms with E-state index in [1.165, 1.54) is 6.07 Å². The summed E-state index contributed by atoms with van der Waals surface area (Å²) in [7, 11) is 0. The Hall–Kier alpha value is -2.01. The molecule has 1 aliphatic heterocycles. The number of nitrogens with zero attached hydrogens (tertiary/aromatic N) is 1. The number of benzene rings is 2. The quantitative estimate of drug-likeness (QED) is 0.389. The number of ether oxygens (including phenoxy) is 1. The number of alkyl halides is 3. The summed E-state index contributed by atoms with van der Waals surface area (Å²) in [4.78, 5) is 1.74. The Kier molecular flexibility index (Phi) is 9.47. The maximum atomic E-state index is 13.6. The van der Waals surface area contributed by atoms with Crippen LogP contribution in [0.25, 0.3) is 11.1 Å². The smallest absolute Gasteiger partial charge is 0.395 e. The zero-order valence-electron chi connectivity index (χ0n) is 18.9. The van der Waals surface area contributed by atoms with Gasteiger partial charge in [0.15, 0.2) is 0 Å². The number of piperidine rings is 1. The fourth-order valence-electron chi connectivity index (χ4n) is 4.29. The Bertz CT molecular complexity index is 896. The molecule has 1 saturated heterocycles. The molecule has 0 amide bonds. The Morgan fingerprint density at radius 2 is 1.65 bits per heavy atom. The molecule has 1 heterocycles. The van der Waals surface area contributed by atoms with Gasteiger partial charge in [0.25, 0.3) is 0 Å². The van der Waals surface area contributed by atoms with Crippen molar-refractivity contribution < 1.29 is 38.3 Å². The Morgan fingerprint density at radius 1 is 0.912 bits per heavy atom. The van der Waals surface area contributed by atoms with Gasteiger partial charge < -0.3 is 25.2 Å². The molecule has 0 saturated carbocycles. The average Bonchev–Trinajstić information content (AvgIpc) is 2.82. The number of likely N-dealkylation sites (tertiary alicyclic amines) is 1. The van der Waals surface area contributed by atoms with Crippen LogP contribution in [-0.4, -0.2) is 76.0 Å². The number of aliphatic hydroxyl groups excluding tert-OH is 4. The highest BCUT2D eigenvalue weighted by Crippen LogP contribution is 2.35. The van der Waals surface area contributed by atoms with Gasteiger partial charge >= 0.3 is 6.18 Å². The highest BCUT2D eigenvalue weighted by atomic mass is 19.4. The van der Waals surface area contributed by atoms with Gasteiger partial charge in [0.1, 0.15) is 12.2 Å². The largest absolute Gasteiger partial charge is 0.416 e. The minimum atomic E-state index is -4.48. The van der Waals surface area contributed by atoms with Gasteiger partial charge in [-0.25, -0.2) is 0 Å². The van der Waals surface area contributed by atoms with Gasteiger partial charge in [-0.2, -0.15) is 13.2 Å². The standard InChI is InChI=1S/C25H32F3NO5/c26-25(27,28)20-13-18(17-7-3-1-4-8-17)9-10-19(20)16-34-12-6-2-5-11-29-14-22(31)24(33)23(32)21(29)15-30/h1,3-4,7-10,13,21-24,30-33H,2,5-6,11-12,14-16H2/t21-,22+,23-,24?/m1/s1. The highest BCUT2D eigenvalue weighted by molar-refractivity contribution is 5.65. The van der Waals surface area contributed by atoms with E-state index < -0.39 is 36.1 Å². The first-order valence-electron chi connectivity index (χ1n) is 11.4. The molecule has 9 heteroatoms. The van der Waals surface area contributed by atoms with Crippen molar-refractivity contribution >= 4 is 0 Å². The predicted octanol–water partition coefficient (Wildman–Crippen LogP) is 2.82. The second-order valence-electron chi connectivity index (χ2n) is 8.64. The molecule has 1 fully saturated rings. The van der Waals surface area contributed by atoms with Crippen LogP contribution in [0.4, 0.5) is 13.2 Å². The van der Waals surface area contributed by atoms with Crippen LogP contribution in [0.2, 0.25) is 0 Å². The van der Waals surface area contributed by atoms with E-state index in [1.54, 1.807) is 35.2 Å². The average molecular weight is 484 g/mol. The van der Waals surface area contributed by atoms with E-state index in [1.807, 2.05) is 6.07 Å². The van der Waals surface area contributed by atoms with Crippen LogP contribution in [0, 0.1) is 0 Å². The second kappa shape index (κ2) is 12.1. The number of hydrogen-bond donors (Lipinski definition) is 4. The number of hydrogen-bond acceptors (Lipinski definition) is 6. The van der Waals surface area contributed by atoms with E-state index in [4.69, 9.17) is 4.74 Å². The summed E-state index contributed by atoms with van der Waals surface area (Å²) in [5, 5.41) is 39.1. The normalized spacial score (nSPS) is 23.9. The molecule has 6 nitrogen and oxygen atoms in total. The number of halogens is 3. The topological polar surface area (TPSA) is 93.4 Å². The molecule has 2 aromatic carbocycles. The first kappa shape index (κ1) is 26.6. The molecule has 1 unspecified atom stereocenters. The van der Waals surface area contributed by atoms with E-state index in [2.05, 4.69) is 0 Å². The van der Waals surface area contributed by atoms with Crippen molar-refractivity contribution in [3.05, 3.63) is 59.7 Å². The molecule has 188 valence electrons. The lowest BCUT2D eigenvalue weighted by atomic mass is 9.94. The number of aliphatic hydroxyl groups is 4. The molecular weight excluding hydrogens is 451 g/mol. The van der Waals surface area contributed by atoms with E-state index >= 15 is 0 Å². The molecule has 1 aliphatic rings. The molecule has 0 spiro atoms. The maximum absolute atomic E-state index is 13.6. The first-order valence-corrected chi connectivity index (χ1v) is 11.4. The molecule has 0 radical (unpaired) electrons. The third kappa shape index (κ3) is 6.78. The lowest BCUT2D eigenvalue weighted by Crippen LogP contribution is -2.62. The van der Waals surface area contributed by atoms with Crippen LogP contribution >= 0.6 is 0 Å². The number of β-amino-alcohol motifs (C(OH)–C–C–N with tert-alkyl or cyclic N) is 1. The molecular formula is C25H32F3NO5. The molecule has 2 aromatic rings. The SMILES string of the molecule is OC[C@@H]1[C@@H](O)C(O)[C@@H](O)CN1CCCCCOCc1ccc(-c2ccccc2)cc1C(F)(F)F. The van der Waals surface area contributed by atoms with Crippen molar-refractivity contribution in [2.45, 2.75) is 56.4 Å². The summed E-state index contributed by atoms with van der Waals surface area (Å²) < 4.78 is 46.3. The Morgan fingerprint density at radius 3 is 2.32 bits per heavy atom. The maximum Gasteiger partial charge on any atom is 0.416 e. The van der Waals surface area contributed by atoms with Gasteiger partial charge in [-0.05, 0) is 48.6 Å². The van der Waals surface area contributed by atoms with E-state index in [-0.39, 0.29) is 25.3 Å². The van der Waals surface area contributed by atoms with Crippen LogP contribution in [0.1, 0.15) is 30.4 Å². The molecule has 0 aromatic heterocycles. The molecule has 4 atom stereocenters. The van der Waals surface area contributed by atoms with Gasteiger partial charge in [-0.3, -0.25) is 4.90 Å². The van der Waals surface area contributed by atoms with Crippen molar-refractivity contribution in [2.75, 3.05) is 26.3 Å². The lowest BCUT2D eigenvalue weighted by molar-refractivity contribution is -0.145.